The smallest absolute Gasteiger partial charge is 0.275 e. The summed E-state index contributed by atoms with van der Waals surface area (Å²) < 4.78 is 0. The monoisotopic (exact) mass is 360 g/mol. The normalized spacial score (nSPS) is 13.3. The van der Waals surface area contributed by atoms with Gasteiger partial charge in [-0.15, -0.1) is 0 Å². The first-order valence-corrected chi connectivity index (χ1v) is 8.41. The third kappa shape index (κ3) is 7.20. The van der Waals surface area contributed by atoms with E-state index < -0.39 is 0 Å². The van der Waals surface area contributed by atoms with Crippen molar-refractivity contribution in [1.29, 1.82) is 0 Å². The van der Waals surface area contributed by atoms with E-state index >= 15 is 0 Å². The van der Waals surface area contributed by atoms with Gasteiger partial charge >= 0.3 is 0 Å². The van der Waals surface area contributed by atoms with E-state index in [0.717, 1.165) is 16.9 Å². The van der Waals surface area contributed by atoms with Crippen molar-refractivity contribution in [3.05, 3.63) is 33.8 Å². The van der Waals surface area contributed by atoms with Gasteiger partial charge in [0, 0.05) is 16.6 Å². The van der Waals surface area contributed by atoms with Crippen molar-refractivity contribution < 1.29 is 14.5 Å². The van der Waals surface area contributed by atoms with Gasteiger partial charge in [0.2, 0.25) is 0 Å². The Balaban J connectivity index is 2.47. The summed E-state index contributed by atoms with van der Waals surface area (Å²) in [7, 11) is 1.81. The molecule has 0 aliphatic heterocycles. The molecular weight excluding hydrogens is 337 g/mol. The summed E-state index contributed by atoms with van der Waals surface area (Å²) in [6.07, 6.45) is 0.893. The van der Waals surface area contributed by atoms with Gasteiger partial charge in [-0.1, -0.05) is 36.2 Å². The number of carbonyl (C=O) groups excluding carboxylic acids is 2. The van der Waals surface area contributed by atoms with Crippen LogP contribution < -0.4 is 15.5 Å². The molecule has 0 saturated heterocycles. The predicted octanol–water partition coefficient (Wildman–Crippen LogP) is 1.21. The molecule has 1 aromatic carbocycles. The molecule has 1 rings (SSSR count). The Hall–Kier alpha value is -1.30. The molecule has 2 atom stereocenters. The average molecular weight is 361 g/mol. The molecule has 0 spiro atoms. The molecule has 0 saturated carbocycles. The molecule has 0 aromatic heterocycles. The van der Waals surface area contributed by atoms with E-state index in [4.69, 9.17) is 23.2 Å². The van der Waals surface area contributed by atoms with Crippen molar-refractivity contribution >= 4 is 35.0 Å². The molecule has 1 unspecified atom stereocenters. The lowest BCUT2D eigenvalue weighted by molar-refractivity contribution is -0.862. The maximum atomic E-state index is 12.1. The van der Waals surface area contributed by atoms with Crippen molar-refractivity contribution in [2.75, 3.05) is 26.7 Å². The molecule has 2 amide bonds. The van der Waals surface area contributed by atoms with Crippen molar-refractivity contribution in [2.45, 2.75) is 26.3 Å². The highest BCUT2D eigenvalue weighted by Gasteiger charge is 2.17. The van der Waals surface area contributed by atoms with Gasteiger partial charge in [-0.25, -0.2) is 0 Å². The van der Waals surface area contributed by atoms with Crippen LogP contribution in [0.2, 0.25) is 10.0 Å². The van der Waals surface area contributed by atoms with E-state index in [1.54, 1.807) is 18.2 Å². The molecule has 0 radical (unpaired) electrons. The minimum absolute atomic E-state index is 0.0501. The van der Waals surface area contributed by atoms with Crippen LogP contribution in [-0.4, -0.2) is 38.5 Å². The molecule has 5 nitrogen and oxygen atoms in total. The summed E-state index contributed by atoms with van der Waals surface area (Å²) in [6.45, 7) is 4.99. The Kier molecular flexibility index (Phi) is 8.37. The summed E-state index contributed by atoms with van der Waals surface area (Å²) >= 11 is 12.0. The number of hydrogen-bond donors (Lipinski definition) is 3. The van der Waals surface area contributed by atoms with Crippen LogP contribution in [0.15, 0.2) is 18.2 Å². The predicted molar refractivity (Wildman–Crippen MR) is 92.9 cm³/mol. The van der Waals surface area contributed by atoms with Gasteiger partial charge in [0.1, 0.15) is 0 Å². The van der Waals surface area contributed by atoms with Crippen LogP contribution in [0.25, 0.3) is 0 Å². The third-order valence-corrected chi connectivity index (χ3v) is 3.87. The van der Waals surface area contributed by atoms with Crippen molar-refractivity contribution in [3.63, 3.8) is 0 Å². The van der Waals surface area contributed by atoms with Gasteiger partial charge in [0.05, 0.1) is 13.1 Å². The van der Waals surface area contributed by atoms with E-state index in [1.807, 2.05) is 20.9 Å². The Morgan fingerprint density at radius 1 is 1.22 bits per heavy atom. The highest BCUT2D eigenvalue weighted by molar-refractivity contribution is 6.35. The molecular formula is C16H24Cl2N3O2+. The third-order valence-electron chi connectivity index (χ3n) is 3.30. The number of quaternary nitrogens is 1. The summed E-state index contributed by atoms with van der Waals surface area (Å²) in [5.74, 6) is -0.185. The highest BCUT2D eigenvalue weighted by Crippen LogP contribution is 2.25. The number of carbonyl (C=O) groups is 2. The van der Waals surface area contributed by atoms with Crippen molar-refractivity contribution in [3.8, 4) is 0 Å². The van der Waals surface area contributed by atoms with Crippen LogP contribution in [-0.2, 0) is 9.59 Å². The van der Waals surface area contributed by atoms with E-state index in [0.29, 0.717) is 16.6 Å². The Morgan fingerprint density at radius 3 is 2.48 bits per heavy atom. The SMILES string of the molecule is CCCNC(=O)C[NH+](C)CC(=O)N[C@H](C)c1ccc(Cl)cc1Cl. The van der Waals surface area contributed by atoms with Crippen molar-refractivity contribution in [1.82, 2.24) is 10.6 Å². The summed E-state index contributed by atoms with van der Waals surface area (Å²) in [4.78, 5) is 24.5. The summed E-state index contributed by atoms with van der Waals surface area (Å²) in [5.41, 5.74) is 0.808. The standard InChI is InChI=1S/C16H23Cl2N3O2/c1-4-7-19-15(22)9-21(3)10-16(23)20-11(2)13-6-5-12(17)8-14(13)18/h5-6,8,11H,4,7,9-10H2,1-3H3,(H,19,22)(H,20,23)/p+1/t11-/m1/s1. The van der Waals surface area contributed by atoms with Crippen LogP contribution in [0.1, 0.15) is 31.9 Å². The molecule has 7 heteroatoms. The second-order valence-corrected chi connectivity index (χ2v) is 6.46. The van der Waals surface area contributed by atoms with Gasteiger partial charge in [0.15, 0.2) is 13.1 Å². The Bertz CT molecular complexity index is 552. The van der Waals surface area contributed by atoms with E-state index in [2.05, 4.69) is 10.6 Å². The van der Waals surface area contributed by atoms with Gasteiger partial charge in [0.25, 0.3) is 11.8 Å². The van der Waals surface area contributed by atoms with Crippen LogP contribution in [0.4, 0.5) is 0 Å². The van der Waals surface area contributed by atoms with Gasteiger partial charge in [-0.05, 0) is 31.0 Å². The molecule has 0 fully saturated rings. The number of likely N-dealkylation sites (N-methyl/N-ethyl adjacent to an activating group) is 1. The molecule has 0 aliphatic rings. The average Bonchev–Trinajstić information content (AvgIpc) is 2.44. The van der Waals surface area contributed by atoms with Gasteiger partial charge in [-0.2, -0.15) is 0 Å². The lowest BCUT2D eigenvalue weighted by atomic mass is 10.1. The number of halogens is 2. The lowest BCUT2D eigenvalue weighted by Gasteiger charge is -2.18. The number of hydrogen-bond acceptors (Lipinski definition) is 2. The lowest BCUT2D eigenvalue weighted by Crippen LogP contribution is -3.11. The Labute approximate surface area is 147 Å². The molecule has 0 aliphatic carbocycles. The van der Waals surface area contributed by atoms with Crippen LogP contribution in [0, 0.1) is 0 Å². The number of nitrogens with one attached hydrogen (secondary N) is 3. The van der Waals surface area contributed by atoms with Crippen molar-refractivity contribution in [2.24, 2.45) is 0 Å². The fourth-order valence-corrected chi connectivity index (χ4v) is 2.73. The zero-order valence-electron chi connectivity index (χ0n) is 13.7. The first-order chi connectivity index (χ1) is 10.8. The molecule has 0 bridgehead atoms. The fraction of sp³-hybridized carbons (Fsp3) is 0.500. The van der Waals surface area contributed by atoms with E-state index in [-0.39, 0.29) is 30.9 Å². The second-order valence-electron chi connectivity index (χ2n) is 5.62. The minimum Gasteiger partial charge on any atom is -0.351 e. The minimum atomic E-state index is -0.228. The van der Waals surface area contributed by atoms with Crippen LogP contribution >= 0.6 is 23.2 Å². The topological polar surface area (TPSA) is 62.6 Å². The number of benzene rings is 1. The first kappa shape index (κ1) is 19.7. The zero-order valence-corrected chi connectivity index (χ0v) is 15.2. The number of rotatable bonds is 8. The van der Waals surface area contributed by atoms with E-state index in [1.165, 1.54) is 0 Å². The number of amides is 2. The summed E-state index contributed by atoms with van der Waals surface area (Å²) in [6, 6.07) is 4.95. The quantitative estimate of drug-likeness (QED) is 0.652. The molecule has 0 heterocycles. The zero-order chi connectivity index (χ0) is 17.4. The largest absolute Gasteiger partial charge is 0.351 e. The molecule has 23 heavy (non-hydrogen) atoms. The molecule has 128 valence electrons. The maximum absolute atomic E-state index is 12.1. The van der Waals surface area contributed by atoms with Crippen LogP contribution in [0.5, 0.6) is 0 Å². The summed E-state index contributed by atoms with van der Waals surface area (Å²) in [5, 5.41) is 6.75. The van der Waals surface area contributed by atoms with Gasteiger partial charge < -0.3 is 15.5 Å². The maximum Gasteiger partial charge on any atom is 0.275 e. The fourth-order valence-electron chi connectivity index (χ4n) is 2.16. The van der Waals surface area contributed by atoms with Crippen LogP contribution in [0.3, 0.4) is 0 Å². The van der Waals surface area contributed by atoms with E-state index in [9.17, 15) is 9.59 Å². The highest BCUT2D eigenvalue weighted by atomic mass is 35.5. The Morgan fingerprint density at radius 2 is 1.87 bits per heavy atom. The second kappa shape index (κ2) is 9.75. The first-order valence-electron chi connectivity index (χ1n) is 7.65. The molecule has 1 aromatic rings. The molecule has 3 N–H and O–H groups in total. The van der Waals surface area contributed by atoms with Gasteiger partial charge in [-0.3, -0.25) is 9.59 Å².